The third-order valence-electron chi connectivity index (χ3n) is 7.37. The van der Waals surface area contributed by atoms with Crippen LogP contribution in [0.5, 0.6) is 0 Å². The lowest BCUT2D eigenvalue weighted by Crippen LogP contribution is -2.47. The first-order chi connectivity index (χ1) is 18.9. The van der Waals surface area contributed by atoms with Gasteiger partial charge in [-0.2, -0.15) is 0 Å². The van der Waals surface area contributed by atoms with Gasteiger partial charge < -0.3 is 30.3 Å². The average Bonchev–Trinajstić information content (AvgIpc) is 2.94. The van der Waals surface area contributed by atoms with Gasteiger partial charge in [0.1, 0.15) is 31.0 Å². The molecule has 0 rings (SSSR count). The molecule has 0 saturated heterocycles. The number of aliphatic hydroxyl groups is 5. The molecule has 0 amide bonds. The standard InChI is InChI=1S/C31H62O7/c1-2-3-4-5-6-7-8-9-10-11-12-13-14-15-16-17-18-19-20-21-22-23-24-29(35)38-26-28(34)31(37)30(36)27(33)25-32/h27-28,30-34,36-37H,2-26H2,1H3/t27-,28+,30+,31+/m0/s1/i1D. The fraction of sp³-hybridized carbons (Fsp3) is 0.968. The smallest absolute Gasteiger partial charge is 0.305 e. The Bertz CT molecular complexity index is 523. The van der Waals surface area contributed by atoms with Gasteiger partial charge in [-0.25, -0.2) is 0 Å². The maximum absolute atomic E-state index is 11.8. The van der Waals surface area contributed by atoms with Gasteiger partial charge in [-0.05, 0) is 6.42 Å². The Kier molecular flexibility index (Phi) is 25.8. The van der Waals surface area contributed by atoms with Gasteiger partial charge in [0.2, 0.25) is 0 Å². The van der Waals surface area contributed by atoms with Crippen molar-refractivity contribution in [3.63, 3.8) is 0 Å². The van der Waals surface area contributed by atoms with Crippen LogP contribution in [0.1, 0.15) is 156 Å². The maximum Gasteiger partial charge on any atom is 0.305 e. The van der Waals surface area contributed by atoms with Gasteiger partial charge in [-0.3, -0.25) is 4.79 Å². The minimum Gasteiger partial charge on any atom is -0.463 e. The largest absolute Gasteiger partial charge is 0.463 e. The molecule has 0 spiro atoms. The molecule has 0 fully saturated rings. The maximum atomic E-state index is 11.8. The normalized spacial score (nSPS) is 15.1. The zero-order valence-electron chi connectivity index (χ0n) is 25.2. The van der Waals surface area contributed by atoms with Gasteiger partial charge in [0.05, 0.1) is 6.61 Å². The molecule has 0 aromatic carbocycles. The summed E-state index contributed by atoms with van der Waals surface area (Å²) in [6, 6.07) is 0. The Balaban J connectivity index is 3.32. The SMILES string of the molecule is [2H]CCCCCCCCCCCCCCCCCCCCCCCCC(=O)OC[C@@H](O)[C@@H](O)[C@H](O)[C@@H](O)CO. The van der Waals surface area contributed by atoms with E-state index in [1.807, 2.05) is 0 Å². The van der Waals surface area contributed by atoms with Crippen LogP contribution in [0.2, 0.25) is 0 Å². The van der Waals surface area contributed by atoms with Crippen LogP contribution in [0, 0.1) is 0 Å². The van der Waals surface area contributed by atoms with Gasteiger partial charge in [0, 0.05) is 7.79 Å². The third kappa shape index (κ3) is 23.2. The van der Waals surface area contributed by atoms with Gasteiger partial charge in [0.15, 0.2) is 0 Å². The van der Waals surface area contributed by atoms with E-state index in [0.717, 1.165) is 25.7 Å². The van der Waals surface area contributed by atoms with E-state index in [9.17, 15) is 25.2 Å². The van der Waals surface area contributed by atoms with E-state index < -0.39 is 43.6 Å². The second kappa shape index (κ2) is 27.8. The van der Waals surface area contributed by atoms with Crippen molar-refractivity contribution in [2.45, 2.75) is 179 Å². The number of hydrogen-bond acceptors (Lipinski definition) is 7. The van der Waals surface area contributed by atoms with E-state index in [4.69, 9.17) is 11.2 Å². The van der Waals surface area contributed by atoms with Crippen LogP contribution in [0.4, 0.5) is 0 Å². The fourth-order valence-corrected chi connectivity index (χ4v) is 4.72. The first kappa shape index (κ1) is 35.3. The van der Waals surface area contributed by atoms with E-state index >= 15 is 0 Å². The Morgan fingerprint density at radius 2 is 0.921 bits per heavy atom. The zero-order chi connectivity index (χ0) is 29.0. The number of unbranched alkanes of at least 4 members (excludes halogenated alkanes) is 21. The number of hydrogen-bond donors (Lipinski definition) is 5. The molecule has 0 aliphatic rings. The summed E-state index contributed by atoms with van der Waals surface area (Å²) in [5.74, 6) is -0.461. The van der Waals surface area contributed by atoms with Crippen LogP contribution in [-0.2, 0) is 9.53 Å². The van der Waals surface area contributed by atoms with E-state index in [2.05, 4.69) is 0 Å². The minimum atomic E-state index is -1.72. The molecule has 7 nitrogen and oxygen atoms in total. The summed E-state index contributed by atoms with van der Waals surface area (Å²) < 4.78 is 12.1. The summed E-state index contributed by atoms with van der Waals surface area (Å²) in [5, 5.41) is 47.1. The fourth-order valence-electron chi connectivity index (χ4n) is 4.72. The number of rotatable bonds is 29. The first-order valence-electron chi connectivity index (χ1n) is 16.4. The lowest BCUT2D eigenvalue weighted by atomic mass is 10.0. The third-order valence-corrected chi connectivity index (χ3v) is 7.37. The number of carbonyl (C=O) groups excluding carboxylic acids is 1. The van der Waals surface area contributed by atoms with Gasteiger partial charge in [-0.1, -0.05) is 142 Å². The highest BCUT2D eigenvalue weighted by Gasteiger charge is 2.30. The number of carbonyl (C=O) groups is 1. The molecule has 0 aliphatic carbocycles. The highest BCUT2D eigenvalue weighted by atomic mass is 16.5. The van der Waals surface area contributed by atoms with E-state index in [0.29, 0.717) is 6.90 Å². The van der Waals surface area contributed by atoms with Gasteiger partial charge in [-0.15, -0.1) is 0 Å². The van der Waals surface area contributed by atoms with Crippen LogP contribution in [0.25, 0.3) is 0 Å². The van der Waals surface area contributed by atoms with Crippen LogP contribution < -0.4 is 0 Å². The summed E-state index contributed by atoms with van der Waals surface area (Å²) in [4.78, 5) is 11.8. The summed E-state index contributed by atoms with van der Waals surface area (Å²) in [6.45, 7) is -0.625. The molecule has 38 heavy (non-hydrogen) atoms. The number of aliphatic hydroxyl groups excluding tert-OH is 5. The molecule has 0 aromatic rings. The molecule has 0 radical (unpaired) electrons. The molecule has 7 heteroatoms. The van der Waals surface area contributed by atoms with Crippen LogP contribution >= 0.6 is 0 Å². The van der Waals surface area contributed by atoms with Crippen molar-refractivity contribution in [2.24, 2.45) is 0 Å². The predicted molar refractivity (Wildman–Crippen MR) is 154 cm³/mol. The Labute approximate surface area is 234 Å². The second-order valence-corrected chi connectivity index (χ2v) is 11.0. The number of esters is 1. The molecule has 0 unspecified atom stereocenters. The molecule has 0 aliphatic heterocycles. The van der Waals surface area contributed by atoms with Crippen molar-refractivity contribution in [2.75, 3.05) is 13.2 Å². The van der Waals surface area contributed by atoms with E-state index in [1.54, 1.807) is 0 Å². The number of ether oxygens (including phenoxy) is 1. The molecule has 0 saturated carbocycles. The van der Waals surface area contributed by atoms with Gasteiger partial charge >= 0.3 is 5.97 Å². The molecule has 228 valence electrons. The zero-order valence-corrected chi connectivity index (χ0v) is 24.2. The Morgan fingerprint density at radius 3 is 1.29 bits per heavy atom. The van der Waals surface area contributed by atoms with Crippen LogP contribution in [0.15, 0.2) is 0 Å². The Hall–Kier alpha value is -0.730. The quantitative estimate of drug-likeness (QED) is 0.0577. The molecule has 0 bridgehead atoms. The summed E-state index contributed by atoms with van der Waals surface area (Å²) in [5.41, 5.74) is 0. The summed E-state index contributed by atoms with van der Waals surface area (Å²) >= 11 is 0. The lowest BCUT2D eigenvalue weighted by molar-refractivity contribution is -0.156. The Morgan fingerprint density at radius 1 is 0.579 bits per heavy atom. The lowest BCUT2D eigenvalue weighted by Gasteiger charge is -2.25. The first-order valence-corrected chi connectivity index (χ1v) is 15.7. The molecule has 0 heterocycles. The second-order valence-electron chi connectivity index (χ2n) is 11.0. The van der Waals surface area contributed by atoms with Crippen molar-refractivity contribution >= 4 is 5.97 Å². The highest BCUT2D eigenvalue weighted by molar-refractivity contribution is 5.69. The van der Waals surface area contributed by atoms with E-state index in [-0.39, 0.29) is 6.42 Å². The highest BCUT2D eigenvalue weighted by Crippen LogP contribution is 2.15. The molecular weight excluding hydrogens is 484 g/mol. The summed E-state index contributed by atoms with van der Waals surface area (Å²) in [6.07, 6.45) is 21.7. The summed E-state index contributed by atoms with van der Waals surface area (Å²) in [7, 11) is 0. The van der Waals surface area contributed by atoms with Crippen LogP contribution in [-0.4, -0.2) is 69.1 Å². The van der Waals surface area contributed by atoms with Crippen molar-refractivity contribution in [1.29, 1.82) is 0 Å². The van der Waals surface area contributed by atoms with Crippen LogP contribution in [0.3, 0.4) is 0 Å². The topological polar surface area (TPSA) is 127 Å². The molecule has 0 aromatic heterocycles. The van der Waals surface area contributed by atoms with Crippen molar-refractivity contribution in [3.05, 3.63) is 0 Å². The van der Waals surface area contributed by atoms with Gasteiger partial charge in [0.25, 0.3) is 0 Å². The predicted octanol–water partition coefficient (Wildman–Crippen LogP) is 5.96. The van der Waals surface area contributed by atoms with Crippen molar-refractivity contribution in [3.8, 4) is 0 Å². The average molecular weight is 548 g/mol. The minimum absolute atomic E-state index is 0.249. The monoisotopic (exact) mass is 547 g/mol. The van der Waals surface area contributed by atoms with Crippen molar-refractivity contribution < 1.29 is 36.4 Å². The van der Waals surface area contributed by atoms with E-state index in [1.165, 1.54) is 116 Å². The molecular formula is C31H62O7. The molecule has 5 N–H and O–H groups in total. The van der Waals surface area contributed by atoms with Crippen molar-refractivity contribution in [1.82, 2.24) is 0 Å². The molecule has 4 atom stereocenters.